The molecule has 0 amide bonds. The van der Waals surface area contributed by atoms with Gasteiger partial charge in [-0.05, 0) is 19.9 Å². The minimum absolute atomic E-state index is 0.0983. The normalized spacial score (nSPS) is 11.3. The third kappa shape index (κ3) is 3.76. The van der Waals surface area contributed by atoms with Gasteiger partial charge in [0.1, 0.15) is 0 Å². The van der Waals surface area contributed by atoms with E-state index in [0.717, 1.165) is 5.70 Å². The molecule has 0 heterocycles. The van der Waals surface area contributed by atoms with Crippen LogP contribution in [0, 0.1) is 0 Å². The minimum Gasteiger partial charge on any atom is -0.381 e. The summed E-state index contributed by atoms with van der Waals surface area (Å²) in [6.07, 6.45) is 1.61. The van der Waals surface area contributed by atoms with Crippen LogP contribution in [0.15, 0.2) is 11.8 Å². The lowest BCUT2D eigenvalue weighted by atomic mass is 10.3. The molecule has 0 spiro atoms. The average molecular weight is 127 g/mol. The molecular weight excluding hydrogens is 114 g/mol. The summed E-state index contributed by atoms with van der Waals surface area (Å²) in [5, 5.41) is 0. The summed E-state index contributed by atoms with van der Waals surface area (Å²) < 4.78 is 0. The maximum absolute atomic E-state index is 10.5. The van der Waals surface area contributed by atoms with Crippen molar-refractivity contribution in [3.05, 3.63) is 11.8 Å². The van der Waals surface area contributed by atoms with E-state index in [1.165, 1.54) is 0 Å². The first-order chi connectivity index (χ1) is 4.04. The molecule has 0 saturated carbocycles. The molecule has 0 aromatic rings. The first-order valence-electron chi connectivity index (χ1n) is 2.90. The van der Waals surface area contributed by atoms with Gasteiger partial charge in [0.05, 0.1) is 0 Å². The van der Waals surface area contributed by atoms with Crippen LogP contribution in [0.3, 0.4) is 0 Å². The molecule has 0 aliphatic rings. The molecule has 0 bridgehead atoms. The predicted molar refractivity (Wildman–Crippen MR) is 38.1 cm³/mol. The number of nitrogens with zero attached hydrogens (tertiary/aromatic N) is 1. The zero-order valence-corrected chi connectivity index (χ0v) is 6.43. The molecule has 0 aromatic carbocycles. The molecule has 0 radical (unpaired) electrons. The molecule has 0 N–H and O–H groups in total. The molecule has 9 heavy (non-hydrogen) atoms. The SMILES string of the molecule is CC(=O)/C=C(\C)N(C)C. The standard InChI is InChI=1S/C7H13NO/c1-6(8(3)4)5-7(2)9/h5H,1-4H3/b6-5+. The van der Waals surface area contributed by atoms with Crippen LogP contribution in [0.5, 0.6) is 0 Å². The molecule has 0 aliphatic heterocycles. The van der Waals surface area contributed by atoms with Gasteiger partial charge < -0.3 is 4.90 Å². The van der Waals surface area contributed by atoms with E-state index in [1.54, 1.807) is 13.0 Å². The van der Waals surface area contributed by atoms with Crippen LogP contribution in [0.2, 0.25) is 0 Å². The molecule has 2 heteroatoms. The summed E-state index contributed by atoms with van der Waals surface area (Å²) in [5.41, 5.74) is 0.988. The third-order valence-corrected chi connectivity index (χ3v) is 1.12. The van der Waals surface area contributed by atoms with Crippen molar-refractivity contribution in [1.82, 2.24) is 4.90 Å². The summed E-state index contributed by atoms with van der Waals surface area (Å²) in [6, 6.07) is 0. The third-order valence-electron chi connectivity index (χ3n) is 1.12. The summed E-state index contributed by atoms with van der Waals surface area (Å²) in [6.45, 7) is 3.45. The van der Waals surface area contributed by atoms with Crippen molar-refractivity contribution in [2.45, 2.75) is 13.8 Å². The number of hydrogen-bond acceptors (Lipinski definition) is 2. The molecule has 0 fully saturated rings. The van der Waals surface area contributed by atoms with Crippen molar-refractivity contribution in [2.24, 2.45) is 0 Å². The minimum atomic E-state index is 0.0983. The summed E-state index contributed by atoms with van der Waals surface area (Å²) in [7, 11) is 3.82. The number of carbonyl (C=O) groups is 1. The maximum Gasteiger partial charge on any atom is 0.154 e. The van der Waals surface area contributed by atoms with E-state index in [-0.39, 0.29) is 5.78 Å². The largest absolute Gasteiger partial charge is 0.381 e. The second-order valence-corrected chi connectivity index (χ2v) is 2.29. The Balaban J connectivity index is 4.00. The Labute approximate surface area is 56.2 Å². The van der Waals surface area contributed by atoms with Crippen LogP contribution in [-0.4, -0.2) is 24.8 Å². The van der Waals surface area contributed by atoms with Crippen molar-refractivity contribution in [1.29, 1.82) is 0 Å². The molecule has 0 saturated heterocycles. The van der Waals surface area contributed by atoms with Crippen LogP contribution < -0.4 is 0 Å². The average Bonchev–Trinajstić information content (AvgIpc) is 1.63. The van der Waals surface area contributed by atoms with Crippen molar-refractivity contribution < 1.29 is 4.79 Å². The highest BCUT2D eigenvalue weighted by Gasteiger charge is 1.91. The van der Waals surface area contributed by atoms with Gasteiger partial charge in [-0.15, -0.1) is 0 Å². The molecule has 0 unspecified atom stereocenters. The van der Waals surface area contributed by atoms with E-state index >= 15 is 0 Å². The van der Waals surface area contributed by atoms with Gasteiger partial charge in [-0.1, -0.05) is 0 Å². The fourth-order valence-corrected chi connectivity index (χ4v) is 0.423. The monoisotopic (exact) mass is 127 g/mol. The quantitative estimate of drug-likeness (QED) is 0.516. The highest BCUT2D eigenvalue weighted by molar-refractivity contribution is 5.87. The Hall–Kier alpha value is -0.790. The van der Waals surface area contributed by atoms with Crippen molar-refractivity contribution in [3.63, 3.8) is 0 Å². The topological polar surface area (TPSA) is 20.3 Å². The molecule has 2 nitrogen and oxygen atoms in total. The van der Waals surface area contributed by atoms with Crippen LogP contribution in [-0.2, 0) is 4.79 Å². The smallest absolute Gasteiger partial charge is 0.154 e. The lowest BCUT2D eigenvalue weighted by molar-refractivity contribution is -0.112. The molecule has 0 aliphatic carbocycles. The van der Waals surface area contributed by atoms with E-state index in [2.05, 4.69) is 0 Å². The maximum atomic E-state index is 10.5. The summed E-state index contributed by atoms with van der Waals surface area (Å²) in [4.78, 5) is 12.4. The van der Waals surface area contributed by atoms with Gasteiger partial charge in [-0.3, -0.25) is 4.79 Å². The van der Waals surface area contributed by atoms with Crippen molar-refractivity contribution in [2.75, 3.05) is 14.1 Å². The lowest BCUT2D eigenvalue weighted by Gasteiger charge is -2.10. The van der Waals surface area contributed by atoms with Gasteiger partial charge in [0.2, 0.25) is 0 Å². The fraction of sp³-hybridized carbons (Fsp3) is 0.571. The Kier molecular flexibility index (Phi) is 2.99. The van der Waals surface area contributed by atoms with Crippen LogP contribution in [0.4, 0.5) is 0 Å². The fourth-order valence-electron chi connectivity index (χ4n) is 0.423. The van der Waals surface area contributed by atoms with E-state index < -0.39 is 0 Å². The van der Waals surface area contributed by atoms with E-state index in [9.17, 15) is 4.79 Å². The molecule has 0 aromatic heterocycles. The number of carbonyl (C=O) groups excluding carboxylic acids is 1. The van der Waals surface area contributed by atoms with E-state index in [4.69, 9.17) is 0 Å². The van der Waals surface area contributed by atoms with Gasteiger partial charge in [0.15, 0.2) is 5.78 Å². The summed E-state index contributed by atoms with van der Waals surface area (Å²) in [5.74, 6) is 0.0983. The highest BCUT2D eigenvalue weighted by Crippen LogP contribution is 1.94. The molecule has 0 atom stereocenters. The second kappa shape index (κ2) is 3.28. The van der Waals surface area contributed by atoms with Gasteiger partial charge in [-0.2, -0.15) is 0 Å². The first kappa shape index (κ1) is 8.21. The van der Waals surface area contributed by atoms with E-state index in [0.29, 0.717) is 0 Å². The lowest BCUT2D eigenvalue weighted by Crippen LogP contribution is -2.09. The zero-order chi connectivity index (χ0) is 7.44. The molecule has 0 rings (SSSR count). The van der Waals surface area contributed by atoms with Crippen LogP contribution >= 0.6 is 0 Å². The Morgan fingerprint density at radius 2 is 1.78 bits per heavy atom. The van der Waals surface area contributed by atoms with Crippen molar-refractivity contribution in [3.8, 4) is 0 Å². The predicted octanol–water partition coefficient (Wildman–Crippen LogP) is 1.04. The van der Waals surface area contributed by atoms with Gasteiger partial charge in [-0.25, -0.2) is 0 Å². The van der Waals surface area contributed by atoms with Gasteiger partial charge in [0.25, 0.3) is 0 Å². The molecule has 52 valence electrons. The second-order valence-electron chi connectivity index (χ2n) is 2.29. The number of allylic oxidation sites excluding steroid dienone is 2. The Bertz CT molecular complexity index is 136. The van der Waals surface area contributed by atoms with Crippen LogP contribution in [0.25, 0.3) is 0 Å². The number of hydrogen-bond donors (Lipinski definition) is 0. The van der Waals surface area contributed by atoms with E-state index in [1.807, 2.05) is 25.9 Å². The van der Waals surface area contributed by atoms with Gasteiger partial charge in [0, 0.05) is 19.8 Å². The highest BCUT2D eigenvalue weighted by atomic mass is 16.1. The Morgan fingerprint density at radius 3 is 1.89 bits per heavy atom. The van der Waals surface area contributed by atoms with Crippen LogP contribution in [0.1, 0.15) is 13.8 Å². The van der Waals surface area contributed by atoms with Gasteiger partial charge >= 0.3 is 0 Å². The number of ketones is 1. The summed E-state index contributed by atoms with van der Waals surface area (Å²) >= 11 is 0. The number of rotatable bonds is 2. The van der Waals surface area contributed by atoms with Crippen molar-refractivity contribution >= 4 is 5.78 Å². The Morgan fingerprint density at radius 1 is 1.33 bits per heavy atom. The molecular formula is C7H13NO. The zero-order valence-electron chi connectivity index (χ0n) is 6.43. The first-order valence-corrected chi connectivity index (χ1v) is 2.90.